The Labute approximate surface area is 434 Å². The Morgan fingerprint density at radius 1 is 0.156 bits per heavy atom. The smallest absolute Gasteiger partial charge is 0.187 e. The van der Waals surface area contributed by atoms with Gasteiger partial charge >= 0.3 is 0 Å². The van der Waals surface area contributed by atoms with Gasteiger partial charge in [0.2, 0.25) is 0 Å². The lowest BCUT2D eigenvalue weighted by Gasteiger charge is -2.50. The van der Waals surface area contributed by atoms with E-state index >= 15 is 0 Å². The van der Waals surface area contributed by atoms with Gasteiger partial charge in [0.05, 0.1) is 46.2 Å². The lowest BCUT2D eigenvalue weighted by molar-refractivity contribution is -0.396. The highest BCUT2D eigenvalue weighted by molar-refractivity contribution is 5.01. The van der Waals surface area contributed by atoms with E-state index in [1.165, 1.54) is 0 Å². The van der Waals surface area contributed by atoms with Crippen molar-refractivity contribution in [3.05, 3.63) is 0 Å². The highest BCUT2D eigenvalue weighted by atomic mass is 16.8. The van der Waals surface area contributed by atoms with Crippen LogP contribution in [0.3, 0.4) is 0 Å². The summed E-state index contributed by atoms with van der Waals surface area (Å²) in [5, 5.41) is 230. The lowest BCUT2D eigenvalue weighted by atomic mass is 9.95. The van der Waals surface area contributed by atoms with Crippen molar-refractivity contribution in [1.29, 1.82) is 0 Å². The molecule has 77 heavy (non-hydrogen) atoms. The van der Waals surface area contributed by atoms with E-state index < -0.39 is 261 Å². The van der Waals surface area contributed by atoms with Gasteiger partial charge in [-0.3, -0.25) is 0 Å². The molecule has 0 aromatic carbocycles. The van der Waals surface area contributed by atoms with Crippen molar-refractivity contribution in [2.24, 2.45) is 0 Å². The van der Waals surface area contributed by atoms with Crippen molar-refractivity contribution < 1.29 is 174 Å². The average Bonchev–Trinajstić information content (AvgIpc) is 3.45. The molecule has 0 radical (unpaired) electrons. The molecule has 21 heterocycles. The third kappa shape index (κ3) is 12.1. The third-order valence-electron chi connectivity index (χ3n) is 14.8. The fourth-order valence-corrected chi connectivity index (χ4v) is 10.4. The zero-order valence-electron chi connectivity index (χ0n) is 40.3. The summed E-state index contributed by atoms with van der Waals surface area (Å²) in [5.41, 5.74) is 0. The van der Waals surface area contributed by atoms with Gasteiger partial charge in [-0.2, -0.15) is 0 Å². The molecule has 0 saturated carbocycles. The van der Waals surface area contributed by atoms with Gasteiger partial charge in [0.1, 0.15) is 171 Å². The first-order chi connectivity index (χ1) is 36.7. The summed E-state index contributed by atoms with van der Waals surface area (Å²) in [5.74, 6) is 0. The molecule has 0 aliphatic carbocycles. The second-order valence-electron chi connectivity index (χ2n) is 19.7. The van der Waals surface area contributed by atoms with Crippen LogP contribution in [0.25, 0.3) is 0 Å². The zero-order chi connectivity index (χ0) is 56.1. The predicted molar refractivity (Wildman–Crippen MR) is 228 cm³/mol. The van der Waals surface area contributed by atoms with Gasteiger partial charge in [0, 0.05) is 0 Å². The first-order valence-corrected chi connectivity index (χ1v) is 24.6. The summed E-state index contributed by atoms with van der Waals surface area (Å²) in [4.78, 5) is 0. The Kier molecular flexibility index (Phi) is 20.8. The molecule has 21 rings (SSSR count). The van der Waals surface area contributed by atoms with Gasteiger partial charge in [0.15, 0.2) is 44.0 Å². The Bertz CT molecular complexity index is 1470. The van der Waals surface area contributed by atoms with E-state index in [1.807, 2.05) is 0 Å². The van der Waals surface area contributed by atoms with Crippen molar-refractivity contribution in [2.45, 2.75) is 215 Å². The molecule has 21 fully saturated rings. The molecule has 35 nitrogen and oxygen atoms in total. The van der Waals surface area contributed by atoms with Crippen LogP contribution in [-0.2, 0) is 66.3 Å². The Hall–Kier alpha value is -1.40. The summed E-state index contributed by atoms with van der Waals surface area (Å²) in [6.45, 7) is -7.33. The first-order valence-electron chi connectivity index (χ1n) is 24.6. The summed E-state index contributed by atoms with van der Waals surface area (Å²) in [7, 11) is 0. The average molecular weight is 1130 g/mol. The summed E-state index contributed by atoms with van der Waals surface area (Å²) in [6.07, 6.45) is -70.2. The molecule has 448 valence electrons. The van der Waals surface area contributed by atoms with Gasteiger partial charge in [0.25, 0.3) is 0 Å². The summed E-state index contributed by atoms with van der Waals surface area (Å²) < 4.78 is 79.5. The van der Waals surface area contributed by atoms with Gasteiger partial charge < -0.3 is 174 Å². The predicted octanol–water partition coefficient (Wildman–Crippen LogP) is -15.2. The van der Waals surface area contributed by atoms with Crippen LogP contribution >= 0.6 is 0 Å². The van der Waals surface area contributed by atoms with Crippen LogP contribution < -0.4 is 0 Å². The molecular weight excluding hydrogens is 1060 g/mol. The van der Waals surface area contributed by atoms with Crippen LogP contribution in [0.2, 0.25) is 0 Å². The normalized spacial score (nSPS) is 55.4. The maximum atomic E-state index is 11.3. The summed E-state index contributed by atoms with van der Waals surface area (Å²) >= 11 is 0. The van der Waals surface area contributed by atoms with Crippen molar-refractivity contribution in [3.8, 4) is 0 Å². The minimum Gasteiger partial charge on any atom is -0.394 e. The van der Waals surface area contributed by atoms with Crippen molar-refractivity contribution in [3.63, 3.8) is 0 Å². The molecule has 0 aromatic rings. The maximum Gasteiger partial charge on any atom is 0.187 e. The van der Waals surface area contributed by atoms with E-state index in [9.17, 15) is 107 Å². The van der Waals surface area contributed by atoms with Crippen molar-refractivity contribution in [1.82, 2.24) is 0 Å². The standard InChI is InChI=1S/C42H70O35/c43-1-8-29-15(50)22(57)36(64-8)72-30-9(2-44)66-38(24(59)17(30)52)74-32-11(4-46)68-40(26(61)19(32)54)76-34-13(6-48)70-42(28(63)21(34)56)77-35-14(7-49)69-41(27(62)20(35)55)75-33-12(5-47)67-39(25(60)18(33)53)73-31-10(3-45)65-37(71-29)23(58)16(31)51/h8-63H,1-7H2/t8-,9-,10-,11-,12-,13-,14-,15-,16-,17-,18-,19-,20-,21-,22-,23-,24-,25-,26-,27-,28?,29+,30+,31+,32+,33+,34-,35+,36?,37?,38?,39?,40?,41?,42?/m1/s1. The largest absolute Gasteiger partial charge is 0.394 e. The molecule has 21 aliphatic rings. The van der Waals surface area contributed by atoms with Crippen LogP contribution in [0.1, 0.15) is 0 Å². The van der Waals surface area contributed by atoms with Crippen LogP contribution in [0.15, 0.2) is 0 Å². The van der Waals surface area contributed by atoms with Gasteiger partial charge in [-0.25, -0.2) is 0 Å². The number of ether oxygens (including phenoxy) is 14. The quantitative estimate of drug-likeness (QED) is 0.113. The molecule has 21 N–H and O–H groups in total. The van der Waals surface area contributed by atoms with E-state index in [2.05, 4.69) is 0 Å². The molecule has 21 aliphatic heterocycles. The minimum atomic E-state index is -2.21. The Morgan fingerprint density at radius 3 is 0.351 bits per heavy atom. The van der Waals surface area contributed by atoms with E-state index in [-0.39, 0.29) is 0 Å². The van der Waals surface area contributed by atoms with Crippen LogP contribution in [0, 0.1) is 0 Å². The van der Waals surface area contributed by atoms with Crippen molar-refractivity contribution >= 4 is 0 Å². The SMILES string of the molecule is OC[C@H]1OC2O[C@@H]3[C@H](O)[C@@H](O)C(O[C@@H]4[C@H](O)[C@@H](O)C(O[C@@H]5[C@H](O)[C@@H](O)C(O[C@@H]6[C@H](O)[C@@H](O)C(O[C@@H]7[C@H](O)[C@@H](O)C(O[C@H]8[C@H](O)C(O)C(O[C@@H]1[C@H](O)[C@H]2O)O[C@@H]8CO)O[C@@H]7CO)O[C@@H]6CO)O[C@@H]5CO)O[C@@H]4CO)O[C@@H]3CO. The number of aliphatic hydroxyl groups excluding tert-OH is 21. The molecule has 14 bridgehead atoms. The third-order valence-corrected chi connectivity index (χ3v) is 14.8. The van der Waals surface area contributed by atoms with Gasteiger partial charge in [-0.1, -0.05) is 0 Å². The van der Waals surface area contributed by atoms with Gasteiger partial charge in [-0.05, 0) is 0 Å². The topological polar surface area (TPSA) is 554 Å². The minimum absolute atomic E-state index is 1.05. The fourth-order valence-electron chi connectivity index (χ4n) is 10.4. The Balaban J connectivity index is 1.08. The van der Waals surface area contributed by atoms with Crippen molar-refractivity contribution in [2.75, 3.05) is 46.2 Å². The second-order valence-corrected chi connectivity index (χ2v) is 19.7. The molecule has 8 unspecified atom stereocenters. The Morgan fingerprint density at radius 2 is 0.260 bits per heavy atom. The fraction of sp³-hybridized carbons (Fsp3) is 1.00. The van der Waals surface area contributed by atoms with E-state index in [1.54, 1.807) is 0 Å². The highest BCUT2D eigenvalue weighted by Crippen LogP contribution is 2.39. The maximum absolute atomic E-state index is 11.3. The number of rotatable bonds is 7. The van der Waals surface area contributed by atoms with Crippen LogP contribution in [0.5, 0.6) is 0 Å². The molecule has 35 heteroatoms. The number of aliphatic hydroxyl groups is 21. The molecule has 21 saturated heterocycles. The van der Waals surface area contributed by atoms with E-state index in [0.717, 1.165) is 0 Å². The molecule has 35 atom stereocenters. The van der Waals surface area contributed by atoms with Crippen LogP contribution in [-0.4, -0.2) is 368 Å². The molecule has 0 spiro atoms. The lowest BCUT2D eigenvalue weighted by Crippen LogP contribution is -2.68. The molecule has 0 amide bonds. The van der Waals surface area contributed by atoms with E-state index in [4.69, 9.17) is 66.3 Å². The van der Waals surface area contributed by atoms with Crippen LogP contribution in [0.4, 0.5) is 0 Å². The van der Waals surface area contributed by atoms with E-state index in [0.29, 0.717) is 0 Å². The molecule has 0 aromatic heterocycles. The number of hydrogen-bond donors (Lipinski definition) is 21. The second kappa shape index (κ2) is 26.0. The van der Waals surface area contributed by atoms with Gasteiger partial charge in [-0.15, -0.1) is 0 Å². The zero-order valence-corrected chi connectivity index (χ0v) is 40.3. The monoisotopic (exact) mass is 1130 g/mol. The molecular formula is C42H70O35. The highest BCUT2D eigenvalue weighted by Gasteiger charge is 2.59. The number of hydrogen-bond acceptors (Lipinski definition) is 35. The summed E-state index contributed by atoms with van der Waals surface area (Å²) in [6, 6.07) is 0. The first kappa shape index (κ1) is 61.7.